The van der Waals surface area contributed by atoms with Gasteiger partial charge in [-0.05, 0) is 37.8 Å². The molecule has 0 aromatic carbocycles. The van der Waals surface area contributed by atoms with Gasteiger partial charge in [0.05, 0.1) is 24.0 Å². The van der Waals surface area contributed by atoms with Crippen molar-refractivity contribution in [1.29, 1.82) is 0 Å². The SMILES string of the molecule is CNc1cc(Nc2cccn(C3CCOCC3)c2=O)nn2c(C(=O)NC3CCC3OC)cnc12. The molecule has 2 aliphatic rings. The Hall–Kier alpha value is -3.44. The summed E-state index contributed by atoms with van der Waals surface area (Å²) in [5, 5.41) is 13.8. The average Bonchev–Trinajstić information content (AvgIpc) is 3.27. The van der Waals surface area contributed by atoms with E-state index in [0.717, 1.165) is 25.7 Å². The van der Waals surface area contributed by atoms with Crippen LogP contribution in [0.15, 0.2) is 35.4 Å². The molecule has 3 aromatic heterocycles. The minimum absolute atomic E-state index is 0.0252. The predicted molar refractivity (Wildman–Crippen MR) is 127 cm³/mol. The van der Waals surface area contributed by atoms with Gasteiger partial charge in [-0.1, -0.05) is 0 Å². The first-order chi connectivity index (χ1) is 16.6. The van der Waals surface area contributed by atoms with Crippen LogP contribution in [0, 0.1) is 0 Å². The number of nitrogens with one attached hydrogen (secondary N) is 3. The molecule has 1 saturated heterocycles. The van der Waals surface area contributed by atoms with Crippen LogP contribution in [0.25, 0.3) is 5.65 Å². The number of amides is 1. The van der Waals surface area contributed by atoms with E-state index in [1.165, 1.54) is 10.7 Å². The first-order valence-corrected chi connectivity index (χ1v) is 11.5. The average molecular weight is 468 g/mol. The first-order valence-electron chi connectivity index (χ1n) is 11.5. The number of aromatic nitrogens is 4. The van der Waals surface area contributed by atoms with Crippen LogP contribution in [-0.4, -0.2) is 64.6 Å². The summed E-state index contributed by atoms with van der Waals surface area (Å²) >= 11 is 0. The smallest absolute Gasteiger partial charge is 0.274 e. The van der Waals surface area contributed by atoms with Crippen LogP contribution in [0.1, 0.15) is 42.2 Å². The van der Waals surface area contributed by atoms with E-state index in [0.29, 0.717) is 41.7 Å². The Balaban J connectivity index is 1.44. The van der Waals surface area contributed by atoms with Gasteiger partial charge in [-0.3, -0.25) is 9.59 Å². The van der Waals surface area contributed by atoms with Gasteiger partial charge in [-0.25, -0.2) is 9.50 Å². The van der Waals surface area contributed by atoms with E-state index in [2.05, 4.69) is 26.0 Å². The van der Waals surface area contributed by atoms with Crippen molar-refractivity contribution in [3.8, 4) is 0 Å². The molecule has 5 rings (SSSR count). The van der Waals surface area contributed by atoms with Crippen LogP contribution >= 0.6 is 0 Å². The number of carbonyl (C=O) groups excluding carboxylic acids is 1. The largest absolute Gasteiger partial charge is 0.385 e. The standard InChI is InChI=1S/C23H29N7O4/c1-24-17-12-20(26-16-4-3-9-29(23(16)32)14-7-10-34-11-8-14)28-30-18(13-25-21(17)30)22(31)27-15-5-6-19(15)33-2/h3-4,9,12-15,19,24H,5-8,10-11H2,1-2H3,(H,26,28)(H,27,31). The number of imidazole rings is 1. The highest BCUT2D eigenvalue weighted by atomic mass is 16.5. The number of ether oxygens (including phenoxy) is 2. The topological polar surface area (TPSA) is 124 Å². The minimum Gasteiger partial charge on any atom is -0.385 e. The van der Waals surface area contributed by atoms with Gasteiger partial charge < -0.3 is 30.0 Å². The van der Waals surface area contributed by atoms with Crippen LogP contribution in [-0.2, 0) is 9.47 Å². The molecule has 3 N–H and O–H groups in total. The van der Waals surface area contributed by atoms with Gasteiger partial charge in [-0.15, -0.1) is 5.10 Å². The van der Waals surface area contributed by atoms with Crippen LogP contribution < -0.4 is 21.5 Å². The highest BCUT2D eigenvalue weighted by molar-refractivity contribution is 5.94. The van der Waals surface area contributed by atoms with Gasteiger partial charge in [-0.2, -0.15) is 0 Å². The Morgan fingerprint density at radius 2 is 2.03 bits per heavy atom. The van der Waals surface area contributed by atoms with E-state index in [1.54, 1.807) is 30.9 Å². The number of methoxy groups -OCH3 is 1. The van der Waals surface area contributed by atoms with Crippen molar-refractivity contribution in [2.75, 3.05) is 38.0 Å². The van der Waals surface area contributed by atoms with Gasteiger partial charge in [0.15, 0.2) is 17.2 Å². The van der Waals surface area contributed by atoms with Gasteiger partial charge >= 0.3 is 0 Å². The first kappa shape index (κ1) is 22.4. The van der Waals surface area contributed by atoms with Crippen molar-refractivity contribution in [2.45, 2.75) is 43.9 Å². The maximum absolute atomic E-state index is 13.2. The molecule has 0 radical (unpaired) electrons. The second-order valence-corrected chi connectivity index (χ2v) is 8.61. The third-order valence-electron chi connectivity index (χ3n) is 6.62. The summed E-state index contributed by atoms with van der Waals surface area (Å²) < 4.78 is 14.1. The fourth-order valence-corrected chi connectivity index (χ4v) is 4.52. The predicted octanol–water partition coefficient (Wildman–Crippen LogP) is 1.93. The van der Waals surface area contributed by atoms with Gasteiger partial charge in [0.2, 0.25) is 0 Å². The number of anilines is 3. The third-order valence-corrected chi connectivity index (χ3v) is 6.62. The number of pyridine rings is 1. The van der Waals surface area contributed by atoms with Crippen LogP contribution in [0.3, 0.4) is 0 Å². The van der Waals surface area contributed by atoms with Crippen molar-refractivity contribution in [3.05, 3.63) is 46.6 Å². The van der Waals surface area contributed by atoms with Gasteiger partial charge in [0, 0.05) is 45.7 Å². The molecule has 1 aliphatic carbocycles. The molecule has 2 fully saturated rings. The highest BCUT2D eigenvalue weighted by Crippen LogP contribution is 2.25. The lowest BCUT2D eigenvalue weighted by molar-refractivity contribution is 0.00718. The van der Waals surface area contributed by atoms with Crippen molar-refractivity contribution < 1.29 is 14.3 Å². The lowest BCUT2D eigenvalue weighted by Crippen LogP contribution is -2.51. The van der Waals surface area contributed by atoms with E-state index in [9.17, 15) is 9.59 Å². The zero-order valence-corrected chi connectivity index (χ0v) is 19.3. The number of fused-ring (bicyclic) bond motifs is 1. The summed E-state index contributed by atoms with van der Waals surface area (Å²) in [7, 11) is 3.42. The fourth-order valence-electron chi connectivity index (χ4n) is 4.52. The second-order valence-electron chi connectivity index (χ2n) is 8.61. The summed E-state index contributed by atoms with van der Waals surface area (Å²) in [4.78, 5) is 30.5. The molecule has 1 saturated carbocycles. The molecule has 1 aliphatic heterocycles. The van der Waals surface area contributed by atoms with E-state index in [4.69, 9.17) is 9.47 Å². The molecule has 1 amide bonds. The van der Waals surface area contributed by atoms with E-state index in [1.807, 2.05) is 12.3 Å². The molecule has 2 unspecified atom stereocenters. The number of hydrogen-bond donors (Lipinski definition) is 3. The monoisotopic (exact) mass is 467 g/mol. The molecule has 11 nitrogen and oxygen atoms in total. The summed E-state index contributed by atoms with van der Waals surface area (Å²) in [5.41, 5.74) is 1.79. The van der Waals surface area contributed by atoms with Crippen LogP contribution in [0.4, 0.5) is 17.2 Å². The van der Waals surface area contributed by atoms with Crippen molar-refractivity contribution in [3.63, 3.8) is 0 Å². The second kappa shape index (κ2) is 9.43. The van der Waals surface area contributed by atoms with Crippen molar-refractivity contribution in [1.82, 2.24) is 24.5 Å². The molecule has 34 heavy (non-hydrogen) atoms. The van der Waals surface area contributed by atoms with Crippen molar-refractivity contribution >= 4 is 28.7 Å². The van der Waals surface area contributed by atoms with Crippen LogP contribution in [0.2, 0.25) is 0 Å². The molecule has 0 spiro atoms. The number of nitrogens with zero attached hydrogens (tertiary/aromatic N) is 4. The molecule has 180 valence electrons. The Labute approximate surface area is 196 Å². The molecule has 11 heteroatoms. The van der Waals surface area contributed by atoms with Gasteiger partial charge in [0.1, 0.15) is 5.69 Å². The van der Waals surface area contributed by atoms with Crippen molar-refractivity contribution in [2.24, 2.45) is 0 Å². The molecule has 4 heterocycles. The lowest BCUT2D eigenvalue weighted by atomic mass is 9.89. The zero-order chi connectivity index (χ0) is 23.7. The summed E-state index contributed by atoms with van der Waals surface area (Å²) in [5.74, 6) is 0.150. The number of hydrogen-bond acceptors (Lipinski definition) is 8. The lowest BCUT2D eigenvalue weighted by Gasteiger charge is -2.35. The number of carbonyl (C=O) groups is 1. The molecule has 2 atom stereocenters. The summed E-state index contributed by atoms with van der Waals surface area (Å²) in [6, 6.07) is 5.42. The Kier molecular flexibility index (Phi) is 6.20. The zero-order valence-electron chi connectivity index (χ0n) is 19.3. The van der Waals surface area contributed by atoms with E-state index in [-0.39, 0.29) is 29.7 Å². The van der Waals surface area contributed by atoms with E-state index >= 15 is 0 Å². The normalized spacial score (nSPS) is 20.6. The third kappa shape index (κ3) is 4.12. The summed E-state index contributed by atoms with van der Waals surface area (Å²) in [6.45, 7) is 1.30. The minimum atomic E-state index is -0.271. The molecule has 3 aromatic rings. The number of rotatable bonds is 7. The highest BCUT2D eigenvalue weighted by Gasteiger charge is 2.33. The Bertz CT molecular complexity index is 1250. The maximum Gasteiger partial charge on any atom is 0.274 e. The van der Waals surface area contributed by atoms with Crippen LogP contribution in [0.5, 0.6) is 0 Å². The van der Waals surface area contributed by atoms with Gasteiger partial charge in [0.25, 0.3) is 11.5 Å². The van der Waals surface area contributed by atoms with E-state index < -0.39 is 0 Å². The quantitative estimate of drug-likeness (QED) is 0.482. The molecular formula is C23H29N7O4. The Morgan fingerprint density at radius 3 is 2.74 bits per heavy atom. The maximum atomic E-state index is 13.2. The Morgan fingerprint density at radius 1 is 1.21 bits per heavy atom. The molecular weight excluding hydrogens is 438 g/mol. The molecule has 0 bridgehead atoms. The summed E-state index contributed by atoms with van der Waals surface area (Å²) in [6.07, 6.45) is 6.74. The fraction of sp³-hybridized carbons (Fsp3) is 0.478.